The zero-order valence-electron chi connectivity index (χ0n) is 13.5. The van der Waals surface area contributed by atoms with E-state index in [9.17, 15) is 9.59 Å². The maximum Gasteiger partial charge on any atom is 0.303 e. The SMILES string of the molecule is O=C(O)CCC(NC(=O)Cn1ncc2ncccc21)c1ccccc1. The van der Waals surface area contributed by atoms with Crippen molar-refractivity contribution in [3.63, 3.8) is 0 Å². The lowest BCUT2D eigenvalue weighted by atomic mass is 10.0. The van der Waals surface area contributed by atoms with Crippen LogP contribution in [0.4, 0.5) is 0 Å². The fraction of sp³-hybridized carbons (Fsp3) is 0.222. The number of nitrogens with one attached hydrogen (secondary N) is 1. The Labute approximate surface area is 144 Å². The highest BCUT2D eigenvalue weighted by molar-refractivity contribution is 5.80. The standard InChI is InChI=1S/C18H18N4O3/c23-17(12-22-16-7-4-10-19-15(16)11-20-22)21-14(8-9-18(24)25)13-5-2-1-3-6-13/h1-7,10-11,14H,8-9,12H2,(H,21,23)(H,24,25). The molecule has 0 aliphatic heterocycles. The zero-order valence-corrected chi connectivity index (χ0v) is 13.5. The van der Waals surface area contributed by atoms with E-state index in [1.54, 1.807) is 23.1 Å². The molecule has 1 amide bonds. The minimum Gasteiger partial charge on any atom is -0.481 e. The van der Waals surface area contributed by atoms with E-state index >= 15 is 0 Å². The number of carboxylic acids is 1. The number of carbonyl (C=O) groups excluding carboxylic acids is 1. The summed E-state index contributed by atoms with van der Waals surface area (Å²) in [5.74, 6) is -1.12. The summed E-state index contributed by atoms with van der Waals surface area (Å²) in [5, 5.41) is 16.0. The lowest BCUT2D eigenvalue weighted by molar-refractivity contribution is -0.137. The number of carboxylic acid groups (broad SMARTS) is 1. The van der Waals surface area contributed by atoms with Crippen LogP contribution in [0.25, 0.3) is 11.0 Å². The number of rotatable bonds is 7. The maximum absolute atomic E-state index is 12.4. The van der Waals surface area contributed by atoms with Crippen molar-refractivity contribution in [1.29, 1.82) is 0 Å². The Hall–Kier alpha value is -3.22. The molecule has 7 heteroatoms. The van der Waals surface area contributed by atoms with Gasteiger partial charge >= 0.3 is 5.97 Å². The van der Waals surface area contributed by atoms with Gasteiger partial charge in [0, 0.05) is 12.6 Å². The fourth-order valence-electron chi connectivity index (χ4n) is 2.69. The second kappa shape index (κ2) is 7.57. The highest BCUT2D eigenvalue weighted by Gasteiger charge is 2.17. The Kier molecular flexibility index (Phi) is 5.03. The van der Waals surface area contributed by atoms with E-state index in [1.807, 2.05) is 36.4 Å². The number of hydrogen-bond donors (Lipinski definition) is 2. The van der Waals surface area contributed by atoms with Crippen molar-refractivity contribution >= 4 is 22.9 Å². The van der Waals surface area contributed by atoms with Crippen molar-refractivity contribution in [3.8, 4) is 0 Å². The summed E-state index contributed by atoms with van der Waals surface area (Å²) < 4.78 is 1.58. The summed E-state index contributed by atoms with van der Waals surface area (Å²) in [6, 6.07) is 12.6. The lowest BCUT2D eigenvalue weighted by Gasteiger charge is -2.18. The van der Waals surface area contributed by atoms with Crippen LogP contribution >= 0.6 is 0 Å². The minimum atomic E-state index is -0.890. The van der Waals surface area contributed by atoms with Gasteiger partial charge in [-0.25, -0.2) is 0 Å². The second-order valence-electron chi connectivity index (χ2n) is 5.67. The molecule has 1 atom stereocenters. The van der Waals surface area contributed by atoms with Crippen molar-refractivity contribution in [1.82, 2.24) is 20.1 Å². The first-order valence-electron chi connectivity index (χ1n) is 7.96. The van der Waals surface area contributed by atoms with Gasteiger partial charge in [0.2, 0.25) is 5.91 Å². The number of carbonyl (C=O) groups is 2. The van der Waals surface area contributed by atoms with Crippen LogP contribution in [0.2, 0.25) is 0 Å². The molecule has 3 aromatic rings. The van der Waals surface area contributed by atoms with Gasteiger partial charge in [0.05, 0.1) is 17.8 Å². The van der Waals surface area contributed by atoms with Crippen LogP contribution < -0.4 is 5.32 Å². The summed E-state index contributed by atoms with van der Waals surface area (Å²) in [6.07, 6.45) is 3.59. The molecule has 128 valence electrons. The largest absolute Gasteiger partial charge is 0.481 e. The topological polar surface area (TPSA) is 97.1 Å². The Morgan fingerprint density at radius 1 is 1.16 bits per heavy atom. The normalized spacial score (nSPS) is 12.0. The number of hydrogen-bond acceptors (Lipinski definition) is 4. The fourth-order valence-corrected chi connectivity index (χ4v) is 2.69. The van der Waals surface area contributed by atoms with Crippen LogP contribution in [0.3, 0.4) is 0 Å². The first-order chi connectivity index (χ1) is 12.1. The van der Waals surface area contributed by atoms with Gasteiger partial charge in [0.25, 0.3) is 0 Å². The number of benzene rings is 1. The zero-order chi connectivity index (χ0) is 17.6. The van der Waals surface area contributed by atoms with E-state index in [4.69, 9.17) is 5.11 Å². The highest BCUT2D eigenvalue weighted by Crippen LogP contribution is 2.18. The van der Waals surface area contributed by atoms with Gasteiger partial charge in [-0.15, -0.1) is 0 Å². The first-order valence-corrected chi connectivity index (χ1v) is 7.96. The second-order valence-corrected chi connectivity index (χ2v) is 5.67. The van der Waals surface area contributed by atoms with Gasteiger partial charge in [0.1, 0.15) is 12.1 Å². The van der Waals surface area contributed by atoms with Crippen LogP contribution in [0.1, 0.15) is 24.4 Å². The molecule has 1 unspecified atom stereocenters. The number of aliphatic carboxylic acids is 1. The molecule has 7 nitrogen and oxygen atoms in total. The third kappa shape index (κ3) is 4.20. The molecule has 0 saturated carbocycles. The summed E-state index contributed by atoms with van der Waals surface area (Å²) in [6.45, 7) is 0.0472. The third-order valence-corrected chi connectivity index (χ3v) is 3.89. The van der Waals surface area contributed by atoms with Crippen LogP contribution in [0.5, 0.6) is 0 Å². The van der Waals surface area contributed by atoms with Crippen LogP contribution in [-0.2, 0) is 16.1 Å². The molecule has 1 aromatic carbocycles. The Morgan fingerprint density at radius 2 is 1.96 bits per heavy atom. The van der Waals surface area contributed by atoms with Crippen molar-refractivity contribution in [2.45, 2.75) is 25.4 Å². The summed E-state index contributed by atoms with van der Waals surface area (Å²) in [7, 11) is 0. The highest BCUT2D eigenvalue weighted by atomic mass is 16.4. The molecule has 0 aliphatic carbocycles. The van der Waals surface area contributed by atoms with E-state index in [0.717, 1.165) is 16.6 Å². The summed E-state index contributed by atoms with van der Waals surface area (Å²) in [5.41, 5.74) is 2.38. The first kappa shape index (κ1) is 16.6. The summed E-state index contributed by atoms with van der Waals surface area (Å²) in [4.78, 5) is 27.5. The molecule has 0 radical (unpaired) electrons. The van der Waals surface area contributed by atoms with Gasteiger partial charge < -0.3 is 10.4 Å². The van der Waals surface area contributed by atoms with Crippen LogP contribution in [-0.4, -0.2) is 31.7 Å². The predicted molar refractivity (Wildman–Crippen MR) is 91.7 cm³/mol. The molecule has 0 fully saturated rings. The summed E-state index contributed by atoms with van der Waals surface area (Å²) >= 11 is 0. The molecule has 2 heterocycles. The average molecular weight is 338 g/mol. The van der Waals surface area contributed by atoms with E-state index in [-0.39, 0.29) is 24.9 Å². The third-order valence-electron chi connectivity index (χ3n) is 3.89. The van der Waals surface area contributed by atoms with Crippen molar-refractivity contribution in [2.75, 3.05) is 0 Å². The predicted octanol–water partition coefficient (Wildman–Crippen LogP) is 2.15. The number of pyridine rings is 1. The molecule has 25 heavy (non-hydrogen) atoms. The molecule has 2 aromatic heterocycles. The van der Waals surface area contributed by atoms with Crippen LogP contribution in [0.15, 0.2) is 54.9 Å². The number of amides is 1. The molecular weight excluding hydrogens is 320 g/mol. The van der Waals surface area contributed by atoms with Crippen LogP contribution in [0, 0.1) is 0 Å². The molecule has 0 spiro atoms. The molecule has 2 N–H and O–H groups in total. The van der Waals surface area contributed by atoms with Gasteiger partial charge in [-0.2, -0.15) is 5.10 Å². The van der Waals surface area contributed by atoms with Gasteiger partial charge in [-0.1, -0.05) is 30.3 Å². The van der Waals surface area contributed by atoms with E-state index in [1.165, 1.54) is 0 Å². The molecular formula is C18H18N4O3. The molecule has 0 saturated heterocycles. The quantitative estimate of drug-likeness (QED) is 0.688. The minimum absolute atomic E-state index is 0.0194. The number of fused-ring (bicyclic) bond motifs is 1. The van der Waals surface area contributed by atoms with Gasteiger partial charge in [-0.05, 0) is 24.1 Å². The maximum atomic E-state index is 12.4. The monoisotopic (exact) mass is 338 g/mol. The smallest absolute Gasteiger partial charge is 0.303 e. The van der Waals surface area contributed by atoms with Crippen molar-refractivity contribution in [2.24, 2.45) is 0 Å². The van der Waals surface area contributed by atoms with E-state index < -0.39 is 5.97 Å². The van der Waals surface area contributed by atoms with Crippen molar-refractivity contribution < 1.29 is 14.7 Å². The Morgan fingerprint density at radius 3 is 2.72 bits per heavy atom. The van der Waals surface area contributed by atoms with Gasteiger partial charge in [-0.3, -0.25) is 19.3 Å². The van der Waals surface area contributed by atoms with E-state index in [0.29, 0.717) is 6.42 Å². The lowest BCUT2D eigenvalue weighted by Crippen LogP contribution is -2.32. The average Bonchev–Trinajstić information content (AvgIpc) is 3.02. The van der Waals surface area contributed by atoms with Gasteiger partial charge in [0.15, 0.2) is 0 Å². The van der Waals surface area contributed by atoms with Crippen molar-refractivity contribution in [3.05, 3.63) is 60.4 Å². The van der Waals surface area contributed by atoms with E-state index in [2.05, 4.69) is 15.4 Å². The number of nitrogens with zero attached hydrogens (tertiary/aromatic N) is 3. The number of aromatic nitrogens is 3. The Bertz CT molecular complexity index is 876. The Balaban J connectivity index is 1.72. The molecule has 3 rings (SSSR count). The molecule has 0 aliphatic rings. The molecule has 0 bridgehead atoms.